The molecule has 180 valence electrons. The largest absolute Gasteiger partial charge is 0.493 e. The Morgan fingerprint density at radius 3 is 2.53 bits per heavy atom. The van der Waals surface area contributed by atoms with Gasteiger partial charge in [0, 0.05) is 36.4 Å². The van der Waals surface area contributed by atoms with Gasteiger partial charge in [-0.3, -0.25) is 9.71 Å². The van der Waals surface area contributed by atoms with Gasteiger partial charge in [-0.25, -0.2) is 8.42 Å². The lowest BCUT2D eigenvalue weighted by atomic mass is 10.1. The molecule has 34 heavy (non-hydrogen) atoms. The number of sulfonamides is 1. The van der Waals surface area contributed by atoms with Gasteiger partial charge in [0.15, 0.2) is 11.5 Å². The quantitative estimate of drug-likeness (QED) is 0.411. The van der Waals surface area contributed by atoms with E-state index in [1.807, 2.05) is 54.7 Å². The first kappa shape index (κ1) is 23.9. The molecule has 7 nitrogen and oxygen atoms in total. The van der Waals surface area contributed by atoms with E-state index in [4.69, 9.17) is 9.47 Å². The maximum atomic E-state index is 12.1. The van der Waals surface area contributed by atoms with Gasteiger partial charge in [0.25, 0.3) is 0 Å². The highest BCUT2D eigenvalue weighted by Crippen LogP contribution is 2.38. The van der Waals surface area contributed by atoms with Crippen molar-refractivity contribution >= 4 is 27.1 Å². The molecule has 0 saturated heterocycles. The minimum absolute atomic E-state index is 0.0109. The van der Waals surface area contributed by atoms with Gasteiger partial charge in [-0.15, -0.1) is 0 Å². The summed E-state index contributed by atoms with van der Waals surface area (Å²) in [6.45, 7) is 2.16. The van der Waals surface area contributed by atoms with Gasteiger partial charge < -0.3 is 14.4 Å². The van der Waals surface area contributed by atoms with Crippen LogP contribution in [0.4, 0.5) is 17.1 Å². The molecule has 1 heterocycles. The molecule has 8 heteroatoms. The van der Waals surface area contributed by atoms with E-state index in [-0.39, 0.29) is 11.9 Å². The lowest BCUT2D eigenvalue weighted by molar-refractivity contribution is 0.201. The number of hydrogen-bond acceptors (Lipinski definition) is 6. The Morgan fingerprint density at radius 1 is 1.03 bits per heavy atom. The van der Waals surface area contributed by atoms with E-state index in [9.17, 15) is 8.42 Å². The zero-order valence-corrected chi connectivity index (χ0v) is 20.4. The normalized spacial score (nSPS) is 14.1. The highest BCUT2D eigenvalue weighted by Gasteiger charge is 2.20. The van der Waals surface area contributed by atoms with E-state index < -0.39 is 10.0 Å². The molecule has 0 aliphatic heterocycles. The zero-order valence-electron chi connectivity index (χ0n) is 19.6. The molecular weight excluding hydrogens is 450 g/mol. The van der Waals surface area contributed by atoms with E-state index in [0.717, 1.165) is 29.8 Å². The van der Waals surface area contributed by atoms with E-state index in [0.29, 0.717) is 23.7 Å². The smallest absolute Gasteiger partial charge is 0.232 e. The van der Waals surface area contributed by atoms with Crippen molar-refractivity contribution in [1.82, 2.24) is 4.98 Å². The molecule has 0 amide bonds. The van der Waals surface area contributed by atoms with Crippen LogP contribution in [0.3, 0.4) is 0 Å². The summed E-state index contributed by atoms with van der Waals surface area (Å²) in [6.07, 6.45) is 8.23. The van der Waals surface area contributed by atoms with Gasteiger partial charge in [0.2, 0.25) is 10.0 Å². The third-order valence-corrected chi connectivity index (χ3v) is 7.24. The third-order valence-electron chi connectivity index (χ3n) is 5.93. The lowest BCUT2D eigenvalue weighted by Gasteiger charge is -2.27. The molecule has 2 aromatic carbocycles. The van der Waals surface area contributed by atoms with Crippen LogP contribution in [0, 0.1) is 0 Å². The number of nitrogens with one attached hydrogen (secondary N) is 1. The van der Waals surface area contributed by atoms with Crippen LogP contribution in [0.5, 0.6) is 11.5 Å². The molecule has 1 saturated carbocycles. The first-order valence-corrected chi connectivity index (χ1v) is 13.2. The average Bonchev–Trinajstić information content (AvgIpc) is 3.36. The fraction of sp³-hybridized carbons (Fsp3) is 0.346. The number of benzene rings is 2. The molecule has 3 aromatic rings. The second-order valence-corrected chi connectivity index (χ2v) is 10.4. The van der Waals surface area contributed by atoms with Crippen molar-refractivity contribution in [3.05, 3.63) is 72.6 Å². The van der Waals surface area contributed by atoms with Crippen LogP contribution < -0.4 is 19.1 Å². The molecule has 1 aliphatic rings. The second-order valence-electron chi connectivity index (χ2n) is 8.36. The highest BCUT2D eigenvalue weighted by atomic mass is 32.2. The lowest BCUT2D eigenvalue weighted by Crippen LogP contribution is -2.18. The number of pyridine rings is 1. The first-order chi connectivity index (χ1) is 16.5. The topological polar surface area (TPSA) is 80.8 Å². The molecule has 0 spiro atoms. The molecule has 1 aliphatic carbocycles. The number of ether oxygens (including phenoxy) is 2. The zero-order chi connectivity index (χ0) is 24.0. The van der Waals surface area contributed by atoms with Gasteiger partial charge in [-0.1, -0.05) is 12.1 Å². The molecule has 0 atom stereocenters. The fourth-order valence-corrected chi connectivity index (χ4v) is 4.74. The fourth-order valence-electron chi connectivity index (χ4n) is 4.11. The summed E-state index contributed by atoms with van der Waals surface area (Å²) in [7, 11) is -1.74. The number of rotatable bonds is 10. The van der Waals surface area contributed by atoms with E-state index in [1.54, 1.807) is 26.3 Å². The highest BCUT2D eigenvalue weighted by molar-refractivity contribution is 7.92. The molecule has 4 rings (SSSR count). The SMILES string of the molecule is CCS(=O)(=O)Nc1cccc(N(Cc2cccnc2)c2ccc(OC)c(OC3CCCC3)c2)c1. The van der Waals surface area contributed by atoms with Crippen LogP contribution in [0.15, 0.2) is 67.0 Å². The Kier molecular flexibility index (Phi) is 7.57. The van der Waals surface area contributed by atoms with Gasteiger partial charge in [-0.2, -0.15) is 0 Å². The molecule has 1 aromatic heterocycles. The Labute approximate surface area is 201 Å². The number of aromatic nitrogens is 1. The van der Waals surface area contributed by atoms with Crippen molar-refractivity contribution in [2.24, 2.45) is 0 Å². The van der Waals surface area contributed by atoms with Crippen molar-refractivity contribution in [3.63, 3.8) is 0 Å². The molecule has 0 bridgehead atoms. The Bertz CT molecular complexity index is 1200. The summed E-state index contributed by atoms with van der Waals surface area (Å²) in [5, 5.41) is 0. The van der Waals surface area contributed by atoms with E-state index in [2.05, 4.69) is 14.6 Å². The summed E-state index contributed by atoms with van der Waals surface area (Å²) in [5.74, 6) is 1.42. The van der Waals surface area contributed by atoms with E-state index in [1.165, 1.54) is 12.8 Å². The van der Waals surface area contributed by atoms with Gasteiger partial charge >= 0.3 is 0 Å². The standard InChI is InChI=1S/C26H31N3O4S/c1-3-34(30,31)28-21-9-6-10-22(16-21)29(19-20-8-7-15-27-18-20)23-13-14-25(32-2)26(17-23)33-24-11-4-5-12-24/h6-10,13-18,24,28H,3-5,11-12,19H2,1-2H3. The Hall–Kier alpha value is -3.26. The Balaban J connectivity index is 1.72. The van der Waals surface area contributed by atoms with Crippen molar-refractivity contribution < 1.29 is 17.9 Å². The summed E-state index contributed by atoms with van der Waals surface area (Å²) in [5.41, 5.74) is 3.30. The first-order valence-electron chi connectivity index (χ1n) is 11.6. The van der Waals surface area contributed by atoms with Crippen molar-refractivity contribution in [1.29, 1.82) is 0 Å². The molecule has 0 radical (unpaired) electrons. The number of nitrogens with zero attached hydrogens (tertiary/aromatic N) is 2. The average molecular weight is 482 g/mol. The predicted octanol–water partition coefficient (Wildman–Crippen LogP) is 5.51. The maximum absolute atomic E-state index is 12.1. The maximum Gasteiger partial charge on any atom is 0.232 e. The van der Waals surface area contributed by atoms with Crippen LogP contribution in [0.1, 0.15) is 38.2 Å². The van der Waals surface area contributed by atoms with Gasteiger partial charge in [0.1, 0.15) is 0 Å². The predicted molar refractivity (Wildman–Crippen MR) is 135 cm³/mol. The van der Waals surface area contributed by atoms with Crippen molar-refractivity contribution in [3.8, 4) is 11.5 Å². The number of anilines is 3. The summed E-state index contributed by atoms with van der Waals surface area (Å²) in [4.78, 5) is 6.37. The molecular formula is C26H31N3O4S. The van der Waals surface area contributed by atoms with Crippen molar-refractivity contribution in [2.45, 2.75) is 45.3 Å². The van der Waals surface area contributed by atoms with Crippen LogP contribution >= 0.6 is 0 Å². The van der Waals surface area contributed by atoms with Crippen LogP contribution in [-0.2, 0) is 16.6 Å². The third kappa shape index (κ3) is 5.99. The summed E-state index contributed by atoms with van der Waals surface area (Å²) in [6, 6.07) is 17.2. The molecule has 0 unspecified atom stereocenters. The minimum Gasteiger partial charge on any atom is -0.493 e. The Morgan fingerprint density at radius 2 is 1.82 bits per heavy atom. The van der Waals surface area contributed by atoms with Crippen LogP contribution in [0.25, 0.3) is 0 Å². The summed E-state index contributed by atoms with van der Waals surface area (Å²) < 4.78 is 38.8. The van der Waals surface area contributed by atoms with E-state index >= 15 is 0 Å². The second kappa shape index (κ2) is 10.8. The summed E-state index contributed by atoms with van der Waals surface area (Å²) >= 11 is 0. The van der Waals surface area contributed by atoms with Crippen LogP contribution in [-0.4, -0.2) is 32.4 Å². The minimum atomic E-state index is -3.38. The number of hydrogen-bond donors (Lipinski definition) is 1. The van der Waals surface area contributed by atoms with Crippen LogP contribution in [0.2, 0.25) is 0 Å². The molecule has 1 fully saturated rings. The van der Waals surface area contributed by atoms with Gasteiger partial charge in [-0.05, 0) is 74.6 Å². The van der Waals surface area contributed by atoms with Crippen molar-refractivity contribution in [2.75, 3.05) is 22.5 Å². The molecule has 1 N–H and O–H groups in total. The monoisotopic (exact) mass is 481 g/mol. The van der Waals surface area contributed by atoms with Gasteiger partial charge in [0.05, 0.1) is 24.7 Å². The number of methoxy groups -OCH3 is 1.